The molecule has 2 aliphatic rings. The number of benzene rings is 2. The average Bonchev–Trinajstić information content (AvgIpc) is 3.39. The van der Waals surface area contributed by atoms with Gasteiger partial charge in [-0.05, 0) is 62.0 Å². The maximum absolute atomic E-state index is 13.6. The van der Waals surface area contributed by atoms with Gasteiger partial charge in [0.2, 0.25) is 6.79 Å². The van der Waals surface area contributed by atoms with Crippen LogP contribution in [0.5, 0.6) is 11.5 Å². The van der Waals surface area contributed by atoms with Crippen molar-refractivity contribution in [2.75, 3.05) is 33.0 Å². The van der Waals surface area contributed by atoms with E-state index >= 15 is 0 Å². The molecule has 7 nitrogen and oxygen atoms in total. The highest BCUT2D eigenvalue weighted by atomic mass is 19.1. The summed E-state index contributed by atoms with van der Waals surface area (Å²) < 4.78 is 24.3. The fraction of sp³-hybridized carbons (Fsp3) is 0.360. The number of ketones is 1. The minimum absolute atomic E-state index is 0.0201. The maximum Gasteiger partial charge on any atom is 0.295 e. The summed E-state index contributed by atoms with van der Waals surface area (Å²) in [5.74, 6) is -1.17. The summed E-state index contributed by atoms with van der Waals surface area (Å²) >= 11 is 0. The van der Waals surface area contributed by atoms with Crippen LogP contribution in [0.25, 0.3) is 5.76 Å². The minimum Gasteiger partial charge on any atom is -0.507 e. The molecule has 8 heteroatoms. The van der Waals surface area contributed by atoms with E-state index in [0.717, 1.165) is 19.6 Å². The first-order valence-corrected chi connectivity index (χ1v) is 11.1. The predicted molar refractivity (Wildman–Crippen MR) is 120 cm³/mol. The van der Waals surface area contributed by atoms with Crippen LogP contribution in [0.2, 0.25) is 0 Å². The molecule has 1 atom stereocenters. The van der Waals surface area contributed by atoms with Crippen molar-refractivity contribution in [1.29, 1.82) is 0 Å². The Kier molecular flexibility index (Phi) is 6.65. The molecule has 0 radical (unpaired) electrons. The van der Waals surface area contributed by atoms with Gasteiger partial charge in [-0.1, -0.05) is 26.0 Å². The summed E-state index contributed by atoms with van der Waals surface area (Å²) in [6.45, 7) is 7.10. The third-order valence-electron chi connectivity index (χ3n) is 6.14. The number of aliphatic hydroxyl groups excluding tert-OH is 1. The lowest BCUT2D eigenvalue weighted by Gasteiger charge is -2.26. The fourth-order valence-corrected chi connectivity index (χ4v) is 4.31. The van der Waals surface area contributed by atoms with Gasteiger partial charge in [0.1, 0.15) is 11.6 Å². The Balaban J connectivity index is 1.72. The van der Waals surface area contributed by atoms with Crippen LogP contribution in [0.15, 0.2) is 48.0 Å². The Morgan fingerprint density at radius 3 is 2.48 bits per heavy atom. The molecular formula is C25H27FN2O5. The lowest BCUT2D eigenvalue weighted by molar-refractivity contribution is -0.140. The molecule has 2 aliphatic heterocycles. The number of halogens is 1. The second-order valence-corrected chi connectivity index (χ2v) is 7.99. The maximum atomic E-state index is 13.6. The summed E-state index contributed by atoms with van der Waals surface area (Å²) in [5, 5.41) is 11.1. The Morgan fingerprint density at radius 2 is 1.79 bits per heavy atom. The highest BCUT2D eigenvalue weighted by Gasteiger charge is 2.45. The van der Waals surface area contributed by atoms with Gasteiger partial charge in [-0.25, -0.2) is 4.39 Å². The molecule has 174 valence electrons. The van der Waals surface area contributed by atoms with Crippen molar-refractivity contribution in [3.05, 3.63) is 65.0 Å². The standard InChI is InChI=1S/C25H27FN2O5/c1-3-27(4-2)12-5-13-28-22(16-6-9-18(26)10-7-16)21(24(30)25(28)31)23(29)17-8-11-19-20(14-17)33-15-32-19/h6-11,14,22,29H,3-5,12-13,15H2,1-2H3/b23-21+. The lowest BCUT2D eigenvalue weighted by Crippen LogP contribution is -2.33. The molecule has 33 heavy (non-hydrogen) atoms. The Hall–Kier alpha value is -3.39. The van der Waals surface area contributed by atoms with Gasteiger partial charge in [0.25, 0.3) is 11.7 Å². The van der Waals surface area contributed by atoms with Gasteiger partial charge in [0.15, 0.2) is 11.5 Å². The largest absolute Gasteiger partial charge is 0.507 e. The molecule has 0 aliphatic carbocycles. The van der Waals surface area contributed by atoms with Crippen LogP contribution >= 0.6 is 0 Å². The predicted octanol–water partition coefficient (Wildman–Crippen LogP) is 3.71. The fourth-order valence-electron chi connectivity index (χ4n) is 4.31. The van der Waals surface area contributed by atoms with Crippen LogP contribution in [-0.4, -0.2) is 59.6 Å². The number of nitrogens with zero attached hydrogens (tertiary/aromatic N) is 2. The Morgan fingerprint density at radius 1 is 1.09 bits per heavy atom. The topological polar surface area (TPSA) is 79.3 Å². The van der Waals surface area contributed by atoms with Crippen molar-refractivity contribution in [1.82, 2.24) is 9.80 Å². The normalized spacial score (nSPS) is 19.0. The summed E-state index contributed by atoms with van der Waals surface area (Å²) in [5.41, 5.74) is 0.876. The quantitative estimate of drug-likeness (QED) is 0.372. The van der Waals surface area contributed by atoms with E-state index < -0.39 is 23.5 Å². The molecule has 2 aromatic rings. The first-order valence-electron chi connectivity index (χ1n) is 11.1. The van der Waals surface area contributed by atoms with Gasteiger partial charge >= 0.3 is 0 Å². The molecule has 1 unspecified atom stereocenters. The van der Waals surface area contributed by atoms with E-state index in [4.69, 9.17) is 9.47 Å². The van der Waals surface area contributed by atoms with Gasteiger partial charge in [-0.15, -0.1) is 0 Å². The van der Waals surface area contributed by atoms with E-state index in [1.54, 1.807) is 18.2 Å². The van der Waals surface area contributed by atoms with Gasteiger partial charge in [0.05, 0.1) is 11.6 Å². The second kappa shape index (κ2) is 9.62. The van der Waals surface area contributed by atoms with Crippen LogP contribution in [-0.2, 0) is 9.59 Å². The molecule has 1 fully saturated rings. The van der Waals surface area contributed by atoms with Crippen molar-refractivity contribution in [3.8, 4) is 11.5 Å². The molecule has 1 N–H and O–H groups in total. The first kappa shape index (κ1) is 22.8. The summed E-state index contributed by atoms with van der Waals surface area (Å²) in [6, 6.07) is 9.66. The molecule has 2 aromatic carbocycles. The third kappa shape index (κ3) is 4.43. The number of amides is 1. The highest BCUT2D eigenvalue weighted by Crippen LogP contribution is 2.41. The van der Waals surface area contributed by atoms with Gasteiger partial charge in [-0.2, -0.15) is 0 Å². The van der Waals surface area contributed by atoms with E-state index in [0.29, 0.717) is 35.6 Å². The smallest absolute Gasteiger partial charge is 0.295 e. The molecule has 0 saturated carbocycles. The van der Waals surface area contributed by atoms with Crippen LogP contribution in [0.3, 0.4) is 0 Å². The van der Waals surface area contributed by atoms with Crippen molar-refractivity contribution in [3.63, 3.8) is 0 Å². The number of aliphatic hydroxyl groups is 1. The van der Waals surface area contributed by atoms with Crippen LogP contribution < -0.4 is 9.47 Å². The molecule has 4 rings (SSSR count). The van der Waals surface area contributed by atoms with Gasteiger partial charge in [0, 0.05) is 12.1 Å². The van der Waals surface area contributed by atoms with E-state index in [2.05, 4.69) is 18.7 Å². The number of hydrogen-bond acceptors (Lipinski definition) is 6. The van der Waals surface area contributed by atoms with Crippen molar-refractivity contribution in [2.24, 2.45) is 0 Å². The zero-order valence-electron chi connectivity index (χ0n) is 18.7. The average molecular weight is 454 g/mol. The van der Waals surface area contributed by atoms with E-state index in [9.17, 15) is 19.1 Å². The van der Waals surface area contributed by atoms with Crippen molar-refractivity contribution in [2.45, 2.75) is 26.3 Å². The molecule has 0 bridgehead atoms. The van der Waals surface area contributed by atoms with E-state index in [1.165, 1.54) is 29.2 Å². The number of carbonyl (C=O) groups is 2. The summed E-state index contributed by atoms with van der Waals surface area (Å²) in [4.78, 5) is 29.8. The molecule has 2 heterocycles. The van der Waals surface area contributed by atoms with Crippen LogP contribution in [0, 0.1) is 5.82 Å². The highest BCUT2D eigenvalue weighted by molar-refractivity contribution is 6.46. The van der Waals surface area contributed by atoms with Crippen LogP contribution in [0.4, 0.5) is 4.39 Å². The number of likely N-dealkylation sites (tertiary alicyclic amines) is 1. The summed E-state index contributed by atoms with van der Waals surface area (Å²) in [7, 11) is 0. The van der Waals surface area contributed by atoms with Crippen molar-refractivity contribution < 1.29 is 28.6 Å². The molecule has 0 spiro atoms. The number of fused-ring (bicyclic) bond motifs is 1. The Bertz CT molecular complexity index is 1080. The van der Waals surface area contributed by atoms with Gasteiger partial charge < -0.3 is 24.4 Å². The van der Waals surface area contributed by atoms with Crippen molar-refractivity contribution >= 4 is 17.4 Å². The summed E-state index contributed by atoms with van der Waals surface area (Å²) in [6.07, 6.45) is 0.663. The molecular weight excluding hydrogens is 427 g/mol. The SMILES string of the molecule is CCN(CC)CCCN1C(=O)C(=O)/C(=C(/O)c2ccc3c(c2)OCO3)C1c1ccc(F)cc1. The number of Topliss-reactive ketones (excluding diaryl/α,β-unsaturated/α-hetero) is 1. The van der Waals surface area contributed by atoms with E-state index in [-0.39, 0.29) is 18.1 Å². The minimum atomic E-state index is -0.812. The monoisotopic (exact) mass is 454 g/mol. The zero-order chi connectivity index (χ0) is 23.5. The second-order valence-electron chi connectivity index (χ2n) is 7.99. The number of carbonyl (C=O) groups excluding carboxylic acids is 2. The number of hydrogen-bond donors (Lipinski definition) is 1. The number of rotatable bonds is 8. The third-order valence-corrected chi connectivity index (χ3v) is 6.14. The first-order chi connectivity index (χ1) is 15.9. The number of ether oxygens (including phenoxy) is 2. The molecule has 1 amide bonds. The van der Waals surface area contributed by atoms with Crippen LogP contribution in [0.1, 0.15) is 37.4 Å². The zero-order valence-corrected chi connectivity index (χ0v) is 18.7. The lowest BCUT2D eigenvalue weighted by atomic mass is 9.95. The molecule has 1 saturated heterocycles. The van der Waals surface area contributed by atoms with E-state index in [1.807, 2.05) is 0 Å². The Labute approximate surface area is 192 Å². The van der Waals surface area contributed by atoms with Gasteiger partial charge in [-0.3, -0.25) is 9.59 Å². The molecule has 0 aromatic heterocycles.